The number of para-hydroxylation sites is 2. The summed E-state index contributed by atoms with van der Waals surface area (Å²) in [5.41, 5.74) is -7.07. The third-order valence-electron chi connectivity index (χ3n) is 4.98. The number of ether oxygens (including phenoxy) is 2. The van der Waals surface area contributed by atoms with Crippen LogP contribution in [0.3, 0.4) is 0 Å². The van der Waals surface area contributed by atoms with Gasteiger partial charge in [0, 0.05) is 0 Å². The zero-order valence-electron chi connectivity index (χ0n) is 21.1. The highest BCUT2D eigenvalue weighted by molar-refractivity contribution is 5.91. The van der Waals surface area contributed by atoms with Crippen LogP contribution in [0.2, 0.25) is 0 Å². The van der Waals surface area contributed by atoms with E-state index in [-0.39, 0.29) is 0 Å². The molecule has 0 saturated heterocycles. The van der Waals surface area contributed by atoms with Crippen LogP contribution < -0.4 is 10.6 Å². The normalized spacial score (nSPS) is 12.6. The lowest BCUT2D eigenvalue weighted by atomic mass is 9.73. The molecule has 0 bridgehead atoms. The Kier molecular flexibility index (Phi) is 7.78. The minimum atomic E-state index is -5.04. The van der Waals surface area contributed by atoms with Gasteiger partial charge < -0.3 is 19.7 Å². The van der Waals surface area contributed by atoms with E-state index in [9.17, 15) is 33.0 Å². The third-order valence-corrected chi connectivity index (χ3v) is 4.98. The predicted octanol–water partition coefficient (Wildman–Crippen LogP) is 6.66. The van der Waals surface area contributed by atoms with Gasteiger partial charge in [0.1, 0.15) is 28.1 Å². The van der Waals surface area contributed by atoms with E-state index in [1.807, 2.05) is 0 Å². The molecule has 0 radical (unpaired) electrons. The van der Waals surface area contributed by atoms with Gasteiger partial charge in [0.05, 0.1) is 11.4 Å². The van der Waals surface area contributed by atoms with Gasteiger partial charge in [0.15, 0.2) is 0 Å². The predicted molar refractivity (Wildman–Crippen MR) is 128 cm³/mol. The second-order valence-electron chi connectivity index (χ2n) is 10.3. The Morgan fingerprint density at radius 3 is 1.31 bits per heavy atom. The van der Waals surface area contributed by atoms with Gasteiger partial charge in [0.2, 0.25) is 0 Å². The summed E-state index contributed by atoms with van der Waals surface area (Å²) in [5, 5.41) is 25.3. The number of phenolic OH excluding ortho intramolecular Hbond substituents is 2. The van der Waals surface area contributed by atoms with Crippen molar-refractivity contribution in [1.82, 2.24) is 0 Å². The van der Waals surface area contributed by atoms with Crippen molar-refractivity contribution in [3.63, 3.8) is 0 Å². The van der Waals surface area contributed by atoms with E-state index in [0.29, 0.717) is 0 Å². The first-order valence-electron chi connectivity index (χ1n) is 11.0. The van der Waals surface area contributed by atoms with Crippen LogP contribution in [-0.2, 0) is 14.9 Å². The Bertz CT molecular complexity index is 1050. The smallest absolute Gasteiger partial charge is 0.412 e. The Labute approximate surface area is 207 Å². The van der Waals surface area contributed by atoms with Crippen LogP contribution in [0, 0.1) is 0 Å². The molecule has 198 valence electrons. The Morgan fingerprint density at radius 2 is 1.03 bits per heavy atom. The van der Waals surface area contributed by atoms with Crippen LogP contribution in [0.25, 0.3) is 0 Å². The number of halogens is 3. The topological polar surface area (TPSA) is 117 Å². The number of aromatic hydroxyl groups is 2. The van der Waals surface area contributed by atoms with Gasteiger partial charge in [-0.25, -0.2) is 9.59 Å². The molecule has 2 amide bonds. The monoisotopic (exact) mass is 512 g/mol. The van der Waals surface area contributed by atoms with Gasteiger partial charge in [0.25, 0.3) is 0 Å². The van der Waals surface area contributed by atoms with Gasteiger partial charge in [-0.1, -0.05) is 24.3 Å². The standard InChI is InChI=1S/C25H31F3N2O6/c1-22(2,3)35-20(33)29-18-14(10-8-12-16(18)31)24(7,25(26,27)28)15-11-9-13-17(32)19(15)30-21(34)36-23(4,5)6/h8-13,31-32H,1-7H3,(H,29,33)(H,30,34). The summed E-state index contributed by atoms with van der Waals surface area (Å²) < 4.78 is 54.9. The molecule has 2 aromatic carbocycles. The molecule has 4 N–H and O–H groups in total. The first-order chi connectivity index (χ1) is 16.3. The fraction of sp³-hybridized carbons (Fsp3) is 0.440. The van der Waals surface area contributed by atoms with E-state index < -0.39 is 69.0 Å². The fourth-order valence-electron chi connectivity index (χ4n) is 3.44. The zero-order chi connectivity index (χ0) is 27.7. The lowest BCUT2D eigenvalue weighted by Crippen LogP contribution is -2.42. The van der Waals surface area contributed by atoms with Gasteiger partial charge >= 0.3 is 18.4 Å². The van der Waals surface area contributed by atoms with Crippen molar-refractivity contribution in [2.75, 3.05) is 10.6 Å². The van der Waals surface area contributed by atoms with Crippen LogP contribution >= 0.6 is 0 Å². The van der Waals surface area contributed by atoms with Gasteiger partial charge in [-0.2, -0.15) is 13.2 Å². The number of carbonyl (C=O) groups is 2. The number of hydrogen-bond acceptors (Lipinski definition) is 6. The van der Waals surface area contributed by atoms with Crippen molar-refractivity contribution in [2.45, 2.75) is 71.3 Å². The van der Waals surface area contributed by atoms with Crippen molar-refractivity contribution in [1.29, 1.82) is 0 Å². The molecule has 8 nitrogen and oxygen atoms in total. The van der Waals surface area contributed by atoms with E-state index in [1.165, 1.54) is 12.1 Å². The molecule has 0 unspecified atom stereocenters. The number of rotatable bonds is 4. The van der Waals surface area contributed by atoms with Crippen LogP contribution in [0.4, 0.5) is 34.1 Å². The van der Waals surface area contributed by atoms with Crippen molar-refractivity contribution in [3.05, 3.63) is 47.5 Å². The number of phenols is 2. The molecular formula is C25H31F3N2O6. The molecule has 0 aromatic heterocycles. The summed E-state index contributed by atoms with van der Waals surface area (Å²) in [5.74, 6) is -1.29. The van der Waals surface area contributed by atoms with Crippen LogP contribution in [0.5, 0.6) is 11.5 Å². The molecular weight excluding hydrogens is 481 g/mol. The number of nitrogens with one attached hydrogen (secondary N) is 2. The summed E-state index contributed by atoms with van der Waals surface area (Å²) in [6.45, 7) is 10.2. The highest BCUT2D eigenvalue weighted by Gasteiger charge is 2.56. The average Bonchev–Trinajstić information content (AvgIpc) is 2.66. The Morgan fingerprint density at radius 1 is 0.694 bits per heavy atom. The van der Waals surface area contributed by atoms with Crippen molar-refractivity contribution in [3.8, 4) is 11.5 Å². The fourth-order valence-corrected chi connectivity index (χ4v) is 3.44. The molecule has 11 heteroatoms. The largest absolute Gasteiger partial charge is 0.506 e. The number of carbonyl (C=O) groups excluding carboxylic acids is 2. The maximum absolute atomic E-state index is 14.9. The van der Waals surface area contributed by atoms with Crippen LogP contribution in [0.15, 0.2) is 36.4 Å². The molecule has 0 atom stereocenters. The van der Waals surface area contributed by atoms with Crippen molar-refractivity contribution < 1.29 is 42.4 Å². The molecule has 0 fully saturated rings. The molecule has 2 aromatic rings. The lowest BCUT2D eigenvalue weighted by Gasteiger charge is -2.36. The summed E-state index contributed by atoms with van der Waals surface area (Å²) in [6, 6.07) is 6.71. The molecule has 0 heterocycles. The van der Waals surface area contributed by atoms with E-state index in [0.717, 1.165) is 31.2 Å². The van der Waals surface area contributed by atoms with E-state index in [1.54, 1.807) is 41.5 Å². The number of benzene rings is 2. The summed E-state index contributed by atoms with van der Waals surface area (Å²) >= 11 is 0. The van der Waals surface area contributed by atoms with Gasteiger partial charge in [-0.15, -0.1) is 0 Å². The minimum absolute atomic E-state index is 0.543. The van der Waals surface area contributed by atoms with E-state index >= 15 is 0 Å². The van der Waals surface area contributed by atoms with E-state index in [4.69, 9.17) is 9.47 Å². The second kappa shape index (κ2) is 9.79. The highest BCUT2D eigenvalue weighted by Crippen LogP contribution is 2.53. The molecule has 0 spiro atoms. The highest BCUT2D eigenvalue weighted by atomic mass is 19.4. The van der Waals surface area contributed by atoms with Crippen molar-refractivity contribution in [2.24, 2.45) is 0 Å². The molecule has 0 aliphatic heterocycles. The van der Waals surface area contributed by atoms with Crippen LogP contribution in [-0.4, -0.2) is 39.8 Å². The van der Waals surface area contributed by atoms with Crippen molar-refractivity contribution >= 4 is 23.6 Å². The quantitative estimate of drug-likeness (QED) is 0.340. The SMILES string of the molecule is CC(C)(C)OC(=O)Nc1c(O)cccc1C(C)(c1cccc(O)c1NC(=O)OC(C)(C)C)C(F)(F)F. The Balaban J connectivity index is 2.75. The first-order valence-corrected chi connectivity index (χ1v) is 11.0. The molecule has 0 aliphatic rings. The molecule has 2 rings (SSSR count). The summed E-state index contributed by atoms with van der Waals surface area (Å²) in [4.78, 5) is 24.8. The molecule has 0 saturated carbocycles. The van der Waals surface area contributed by atoms with Gasteiger partial charge in [-0.3, -0.25) is 10.6 Å². The number of amides is 2. The third kappa shape index (κ3) is 6.52. The number of alkyl halides is 3. The summed E-state index contributed by atoms with van der Waals surface area (Å²) in [7, 11) is 0. The van der Waals surface area contributed by atoms with E-state index in [2.05, 4.69) is 10.6 Å². The first kappa shape index (κ1) is 28.6. The average molecular weight is 513 g/mol. The maximum Gasteiger partial charge on any atom is 0.412 e. The lowest BCUT2D eigenvalue weighted by molar-refractivity contribution is -0.172. The molecule has 0 aliphatic carbocycles. The Hall–Kier alpha value is -3.63. The minimum Gasteiger partial charge on any atom is -0.506 e. The number of hydrogen-bond donors (Lipinski definition) is 4. The zero-order valence-corrected chi connectivity index (χ0v) is 21.1. The van der Waals surface area contributed by atoms with Crippen LogP contribution in [0.1, 0.15) is 59.6 Å². The second-order valence-corrected chi connectivity index (χ2v) is 10.3. The molecule has 36 heavy (non-hydrogen) atoms. The van der Waals surface area contributed by atoms with Gasteiger partial charge in [-0.05, 0) is 71.7 Å². The summed E-state index contributed by atoms with van der Waals surface area (Å²) in [6.07, 6.45) is -7.21. The maximum atomic E-state index is 14.9. The number of anilines is 2.